The molecule has 2 rings (SSSR count). The van der Waals surface area contributed by atoms with Crippen LogP contribution in [-0.4, -0.2) is 75.2 Å². The van der Waals surface area contributed by atoms with E-state index in [-0.39, 0.29) is 0 Å². The minimum absolute atomic E-state index is 0.512. The highest BCUT2D eigenvalue weighted by Crippen LogP contribution is 2.09. The van der Waals surface area contributed by atoms with Gasteiger partial charge in [-0.3, -0.25) is 9.89 Å². The van der Waals surface area contributed by atoms with Crippen molar-refractivity contribution in [3.63, 3.8) is 0 Å². The van der Waals surface area contributed by atoms with Crippen molar-refractivity contribution in [2.75, 3.05) is 47.3 Å². The normalized spacial score (nSPS) is 26.9. The Balaban J connectivity index is 1.75. The van der Waals surface area contributed by atoms with Crippen molar-refractivity contribution < 1.29 is 0 Å². The van der Waals surface area contributed by atoms with Gasteiger partial charge in [0.1, 0.15) is 0 Å². The monoisotopic (exact) mass is 265 g/mol. The zero-order chi connectivity index (χ0) is 13.7. The van der Waals surface area contributed by atoms with Crippen molar-refractivity contribution in [3.8, 4) is 0 Å². The molecule has 1 aliphatic heterocycles. The quantitative estimate of drug-likeness (QED) is 0.432. The molecule has 0 saturated carbocycles. The Bertz CT molecular complexity index is 331. The molecule has 1 saturated heterocycles. The summed E-state index contributed by atoms with van der Waals surface area (Å²) < 4.78 is 0. The molecule has 0 aromatic heterocycles. The van der Waals surface area contributed by atoms with Crippen LogP contribution in [0.2, 0.25) is 0 Å². The van der Waals surface area contributed by atoms with Crippen molar-refractivity contribution in [3.05, 3.63) is 12.2 Å². The van der Waals surface area contributed by atoms with Gasteiger partial charge in [0.05, 0.1) is 0 Å². The van der Waals surface area contributed by atoms with Crippen LogP contribution in [0.1, 0.15) is 12.8 Å². The molecule has 108 valence electrons. The van der Waals surface area contributed by atoms with E-state index < -0.39 is 0 Å². The molecule has 1 atom stereocenters. The number of piperazine rings is 1. The van der Waals surface area contributed by atoms with Gasteiger partial charge in [-0.25, -0.2) is 0 Å². The van der Waals surface area contributed by atoms with Gasteiger partial charge in [0, 0.05) is 45.3 Å². The molecule has 0 bridgehead atoms. The molecule has 2 aliphatic rings. The van der Waals surface area contributed by atoms with Gasteiger partial charge in [0.25, 0.3) is 0 Å². The number of rotatable bonds is 3. The van der Waals surface area contributed by atoms with E-state index in [4.69, 9.17) is 0 Å². The van der Waals surface area contributed by atoms with Crippen molar-refractivity contribution >= 4 is 5.96 Å². The molecule has 1 fully saturated rings. The molecule has 2 N–H and O–H groups in total. The number of likely N-dealkylation sites (N-methyl/N-ethyl adjacent to an activating group) is 2. The highest BCUT2D eigenvalue weighted by Gasteiger charge is 2.22. The second-order valence-electron chi connectivity index (χ2n) is 5.63. The van der Waals surface area contributed by atoms with Crippen LogP contribution < -0.4 is 10.6 Å². The highest BCUT2D eigenvalue weighted by molar-refractivity contribution is 5.80. The van der Waals surface area contributed by atoms with Gasteiger partial charge >= 0.3 is 0 Å². The summed E-state index contributed by atoms with van der Waals surface area (Å²) in [6.45, 7) is 4.36. The number of hydrogen-bond donors (Lipinski definition) is 2. The predicted molar refractivity (Wildman–Crippen MR) is 80.6 cm³/mol. The third-order valence-electron chi connectivity index (χ3n) is 4.06. The summed E-state index contributed by atoms with van der Waals surface area (Å²) in [5, 5.41) is 6.94. The van der Waals surface area contributed by atoms with E-state index in [1.54, 1.807) is 0 Å². The first-order chi connectivity index (χ1) is 9.19. The van der Waals surface area contributed by atoms with Crippen LogP contribution in [0.4, 0.5) is 0 Å². The molecule has 5 nitrogen and oxygen atoms in total. The Morgan fingerprint density at radius 2 is 2.00 bits per heavy atom. The van der Waals surface area contributed by atoms with E-state index >= 15 is 0 Å². The zero-order valence-corrected chi connectivity index (χ0v) is 12.4. The predicted octanol–water partition coefficient (Wildman–Crippen LogP) is 0.116. The molecule has 0 amide bonds. The summed E-state index contributed by atoms with van der Waals surface area (Å²) in [6, 6.07) is 1.07. The second-order valence-corrected chi connectivity index (χ2v) is 5.63. The number of guanidine groups is 1. The fourth-order valence-electron chi connectivity index (χ4n) is 2.66. The Morgan fingerprint density at radius 1 is 1.26 bits per heavy atom. The van der Waals surface area contributed by atoms with Crippen LogP contribution in [0.15, 0.2) is 17.1 Å². The average molecular weight is 265 g/mol. The van der Waals surface area contributed by atoms with E-state index in [9.17, 15) is 0 Å². The molecule has 0 aromatic rings. The summed E-state index contributed by atoms with van der Waals surface area (Å²) in [6.07, 6.45) is 6.67. The lowest BCUT2D eigenvalue weighted by Gasteiger charge is -2.38. The summed E-state index contributed by atoms with van der Waals surface area (Å²) in [5.74, 6) is 0.926. The van der Waals surface area contributed by atoms with Crippen molar-refractivity contribution in [1.82, 2.24) is 20.4 Å². The summed E-state index contributed by atoms with van der Waals surface area (Å²) in [7, 11) is 6.24. The Kier molecular flexibility index (Phi) is 5.22. The summed E-state index contributed by atoms with van der Waals surface area (Å²) in [5.41, 5.74) is 0. The van der Waals surface area contributed by atoms with E-state index in [0.717, 1.165) is 45.0 Å². The van der Waals surface area contributed by atoms with Gasteiger partial charge in [-0.1, -0.05) is 12.2 Å². The van der Waals surface area contributed by atoms with E-state index in [1.165, 1.54) is 0 Å². The van der Waals surface area contributed by atoms with Crippen molar-refractivity contribution in [1.29, 1.82) is 0 Å². The van der Waals surface area contributed by atoms with Gasteiger partial charge in [-0.15, -0.1) is 0 Å². The Morgan fingerprint density at radius 3 is 2.68 bits per heavy atom. The van der Waals surface area contributed by atoms with E-state index in [1.807, 2.05) is 7.05 Å². The fourth-order valence-corrected chi connectivity index (χ4v) is 2.66. The second kappa shape index (κ2) is 6.91. The Labute approximate surface area is 116 Å². The minimum atomic E-state index is 0.512. The van der Waals surface area contributed by atoms with E-state index in [2.05, 4.69) is 51.7 Å². The molecule has 19 heavy (non-hydrogen) atoms. The molecular weight excluding hydrogens is 238 g/mol. The molecule has 0 aromatic carbocycles. The third kappa shape index (κ3) is 4.21. The number of nitrogens with zero attached hydrogens (tertiary/aromatic N) is 3. The van der Waals surface area contributed by atoms with Gasteiger partial charge in [0.15, 0.2) is 5.96 Å². The molecule has 0 spiro atoms. The lowest BCUT2D eigenvalue weighted by atomic mass is 10.2. The first-order valence-electron chi connectivity index (χ1n) is 7.20. The van der Waals surface area contributed by atoms with Crippen LogP contribution in [0.25, 0.3) is 0 Å². The molecule has 5 heteroatoms. The first-order valence-corrected chi connectivity index (χ1v) is 7.20. The van der Waals surface area contributed by atoms with Crippen LogP contribution in [0.5, 0.6) is 0 Å². The zero-order valence-electron chi connectivity index (χ0n) is 12.4. The maximum Gasteiger partial charge on any atom is 0.191 e. The summed E-state index contributed by atoms with van der Waals surface area (Å²) >= 11 is 0. The van der Waals surface area contributed by atoms with Gasteiger partial charge in [0.2, 0.25) is 0 Å². The third-order valence-corrected chi connectivity index (χ3v) is 4.06. The molecule has 1 unspecified atom stereocenters. The number of nitrogens with one attached hydrogen (secondary N) is 2. The Hall–Kier alpha value is -1.07. The smallest absolute Gasteiger partial charge is 0.191 e. The molecule has 1 heterocycles. The van der Waals surface area contributed by atoms with Crippen molar-refractivity contribution in [2.45, 2.75) is 24.9 Å². The van der Waals surface area contributed by atoms with Crippen molar-refractivity contribution in [2.24, 2.45) is 4.99 Å². The highest BCUT2D eigenvalue weighted by atomic mass is 15.3. The first kappa shape index (κ1) is 14.3. The molecule has 0 radical (unpaired) electrons. The van der Waals surface area contributed by atoms with E-state index in [0.29, 0.717) is 12.1 Å². The maximum absolute atomic E-state index is 4.31. The summed E-state index contributed by atoms with van der Waals surface area (Å²) in [4.78, 5) is 9.13. The maximum atomic E-state index is 4.31. The van der Waals surface area contributed by atoms with Gasteiger partial charge in [-0.2, -0.15) is 0 Å². The van der Waals surface area contributed by atoms with Gasteiger partial charge in [-0.05, 0) is 26.9 Å². The van der Waals surface area contributed by atoms with Crippen LogP contribution in [0, 0.1) is 0 Å². The molecule has 1 aliphatic carbocycles. The topological polar surface area (TPSA) is 42.9 Å². The lowest BCUT2D eigenvalue weighted by molar-refractivity contribution is 0.116. The molecular formula is C14H27N5. The van der Waals surface area contributed by atoms with Gasteiger partial charge < -0.3 is 15.5 Å². The van der Waals surface area contributed by atoms with Crippen LogP contribution in [-0.2, 0) is 0 Å². The standard InChI is InChI=1S/C14H27N5/c1-15-14(17-12-6-4-5-7-12)16-10-13-11-18(2)8-9-19(13)3/h4-5,12-13H,6-11H2,1-3H3,(H2,15,16,17). The van der Waals surface area contributed by atoms with Crippen LogP contribution >= 0.6 is 0 Å². The number of aliphatic imine (C=N–C) groups is 1. The average Bonchev–Trinajstić information content (AvgIpc) is 2.91. The van der Waals surface area contributed by atoms with Crippen LogP contribution in [0.3, 0.4) is 0 Å². The largest absolute Gasteiger partial charge is 0.355 e. The lowest BCUT2D eigenvalue weighted by Crippen LogP contribution is -2.55. The number of hydrogen-bond acceptors (Lipinski definition) is 3. The SMILES string of the molecule is CN=C(NCC1CN(C)CCN1C)NC1CC=CC1. The fraction of sp³-hybridized carbons (Fsp3) is 0.786. The minimum Gasteiger partial charge on any atom is -0.355 e.